The number of ether oxygens (including phenoxy) is 1. The zero-order chi connectivity index (χ0) is 12.1. The van der Waals surface area contributed by atoms with Crippen molar-refractivity contribution in [2.75, 3.05) is 5.75 Å². The van der Waals surface area contributed by atoms with E-state index in [2.05, 4.69) is 6.58 Å². The lowest BCUT2D eigenvalue weighted by Gasteiger charge is -2.08. The largest absolute Gasteiger partial charge is 0.364 e. The lowest BCUT2D eigenvalue weighted by Crippen LogP contribution is -2.08. The SMILES string of the molecule is C=CCS/C=C\C1=CC(c2ccsc2)OC1O. The Hall–Kier alpha value is -0.810. The minimum absolute atomic E-state index is 0.125. The molecule has 1 N–H and O–H groups in total. The topological polar surface area (TPSA) is 29.5 Å². The summed E-state index contributed by atoms with van der Waals surface area (Å²) in [5.74, 6) is 0.870. The zero-order valence-corrected chi connectivity index (χ0v) is 10.9. The Bertz CT molecular complexity index is 421. The van der Waals surface area contributed by atoms with Gasteiger partial charge in [-0.3, -0.25) is 0 Å². The van der Waals surface area contributed by atoms with Gasteiger partial charge in [-0.2, -0.15) is 11.3 Å². The summed E-state index contributed by atoms with van der Waals surface area (Å²) in [5.41, 5.74) is 1.91. The van der Waals surface area contributed by atoms with Gasteiger partial charge in [0, 0.05) is 11.3 Å². The van der Waals surface area contributed by atoms with Crippen LogP contribution in [0.15, 0.2) is 52.6 Å². The monoisotopic (exact) mass is 266 g/mol. The average Bonchev–Trinajstić information content (AvgIpc) is 2.94. The zero-order valence-electron chi connectivity index (χ0n) is 9.28. The number of rotatable bonds is 5. The molecular formula is C13H14O2S2. The van der Waals surface area contributed by atoms with Gasteiger partial charge in [0.15, 0.2) is 6.29 Å². The Kier molecular flexibility index (Phi) is 4.62. The van der Waals surface area contributed by atoms with Gasteiger partial charge >= 0.3 is 0 Å². The van der Waals surface area contributed by atoms with E-state index in [1.54, 1.807) is 23.1 Å². The maximum Gasteiger partial charge on any atom is 0.182 e. The van der Waals surface area contributed by atoms with Gasteiger partial charge in [-0.1, -0.05) is 6.08 Å². The standard InChI is InChI=1S/C13H14O2S2/c1-2-5-16-6-3-10-8-12(15-13(10)14)11-4-7-17-9-11/h2-4,6-9,12-14H,1,5H2/b6-3-. The Labute approximate surface area is 109 Å². The highest BCUT2D eigenvalue weighted by molar-refractivity contribution is 8.02. The summed E-state index contributed by atoms with van der Waals surface area (Å²) in [6.45, 7) is 3.65. The van der Waals surface area contributed by atoms with Crippen LogP contribution in [0, 0.1) is 0 Å². The molecule has 0 fully saturated rings. The van der Waals surface area contributed by atoms with Gasteiger partial charge < -0.3 is 9.84 Å². The summed E-state index contributed by atoms with van der Waals surface area (Å²) < 4.78 is 5.46. The maximum absolute atomic E-state index is 9.75. The number of thiophene rings is 1. The van der Waals surface area contributed by atoms with Crippen molar-refractivity contribution in [3.05, 3.63) is 58.2 Å². The molecule has 0 aliphatic carbocycles. The van der Waals surface area contributed by atoms with Crippen LogP contribution in [0.25, 0.3) is 0 Å². The first-order valence-corrected chi connectivity index (χ1v) is 7.27. The normalized spacial score (nSPS) is 24.2. The van der Waals surface area contributed by atoms with Gasteiger partial charge in [-0.05, 0) is 40.0 Å². The summed E-state index contributed by atoms with van der Waals surface area (Å²) in [7, 11) is 0. The lowest BCUT2D eigenvalue weighted by atomic mass is 10.1. The first-order chi connectivity index (χ1) is 8.31. The fraction of sp³-hybridized carbons (Fsp3) is 0.231. The molecule has 0 saturated heterocycles. The molecule has 1 aliphatic heterocycles. The van der Waals surface area contributed by atoms with E-state index in [-0.39, 0.29) is 6.10 Å². The van der Waals surface area contributed by atoms with Crippen LogP contribution in [0.1, 0.15) is 11.7 Å². The molecule has 0 aromatic carbocycles. The van der Waals surface area contributed by atoms with E-state index in [0.717, 1.165) is 16.9 Å². The van der Waals surface area contributed by atoms with Crippen molar-refractivity contribution in [1.29, 1.82) is 0 Å². The average molecular weight is 266 g/mol. The summed E-state index contributed by atoms with van der Waals surface area (Å²) in [5, 5.41) is 15.7. The van der Waals surface area contributed by atoms with Crippen molar-refractivity contribution in [3.8, 4) is 0 Å². The fourth-order valence-corrected chi connectivity index (χ4v) is 2.70. The number of aliphatic hydroxyl groups is 1. The van der Waals surface area contributed by atoms with Gasteiger partial charge in [0.2, 0.25) is 0 Å². The smallest absolute Gasteiger partial charge is 0.182 e. The first-order valence-electron chi connectivity index (χ1n) is 5.27. The van der Waals surface area contributed by atoms with Crippen LogP contribution >= 0.6 is 23.1 Å². The highest BCUT2D eigenvalue weighted by atomic mass is 32.2. The van der Waals surface area contributed by atoms with E-state index < -0.39 is 6.29 Å². The van der Waals surface area contributed by atoms with E-state index in [9.17, 15) is 5.11 Å². The van der Waals surface area contributed by atoms with Gasteiger partial charge in [0.1, 0.15) is 6.10 Å². The second kappa shape index (κ2) is 6.21. The number of hydrogen-bond donors (Lipinski definition) is 1. The van der Waals surface area contributed by atoms with Crippen molar-refractivity contribution in [3.63, 3.8) is 0 Å². The van der Waals surface area contributed by atoms with E-state index >= 15 is 0 Å². The molecular weight excluding hydrogens is 252 g/mol. The highest BCUT2D eigenvalue weighted by Gasteiger charge is 2.24. The minimum atomic E-state index is -0.819. The third-order valence-corrected chi connectivity index (χ3v) is 3.81. The van der Waals surface area contributed by atoms with E-state index in [1.165, 1.54) is 0 Å². The molecule has 2 nitrogen and oxygen atoms in total. The summed E-state index contributed by atoms with van der Waals surface area (Å²) in [4.78, 5) is 0. The number of hydrogen-bond acceptors (Lipinski definition) is 4. The Morgan fingerprint density at radius 3 is 3.18 bits per heavy atom. The van der Waals surface area contributed by atoms with Crippen molar-refractivity contribution < 1.29 is 9.84 Å². The molecule has 2 atom stereocenters. The first kappa shape index (κ1) is 12.6. The Balaban J connectivity index is 2.00. The van der Waals surface area contributed by atoms with Crippen LogP contribution in [0.5, 0.6) is 0 Å². The quantitative estimate of drug-likeness (QED) is 0.653. The van der Waals surface area contributed by atoms with Gasteiger partial charge in [-0.25, -0.2) is 0 Å². The van der Waals surface area contributed by atoms with Crippen LogP contribution in [0.3, 0.4) is 0 Å². The van der Waals surface area contributed by atoms with Gasteiger partial charge in [0.25, 0.3) is 0 Å². The van der Waals surface area contributed by atoms with Crippen LogP contribution in [-0.4, -0.2) is 17.1 Å². The summed E-state index contributed by atoms with van der Waals surface area (Å²) in [6, 6.07) is 2.01. The number of aliphatic hydroxyl groups excluding tert-OH is 1. The van der Waals surface area contributed by atoms with Crippen LogP contribution in [0.2, 0.25) is 0 Å². The molecule has 1 aromatic heterocycles. The van der Waals surface area contributed by atoms with Crippen molar-refractivity contribution in [2.24, 2.45) is 0 Å². The minimum Gasteiger partial charge on any atom is -0.364 e. The summed E-state index contributed by atoms with van der Waals surface area (Å²) >= 11 is 3.27. The van der Waals surface area contributed by atoms with Crippen molar-refractivity contribution >= 4 is 23.1 Å². The molecule has 2 rings (SSSR count). The van der Waals surface area contributed by atoms with E-state index in [1.807, 2.05) is 40.5 Å². The van der Waals surface area contributed by atoms with Gasteiger partial charge in [0.05, 0.1) is 0 Å². The fourth-order valence-electron chi connectivity index (χ4n) is 1.51. The number of thioether (sulfide) groups is 1. The Morgan fingerprint density at radius 2 is 2.47 bits per heavy atom. The molecule has 2 unspecified atom stereocenters. The predicted octanol–water partition coefficient (Wildman–Crippen LogP) is 3.50. The maximum atomic E-state index is 9.75. The second-order valence-corrected chi connectivity index (χ2v) is 5.28. The predicted molar refractivity (Wildman–Crippen MR) is 74.0 cm³/mol. The van der Waals surface area contributed by atoms with Crippen LogP contribution < -0.4 is 0 Å². The molecule has 0 amide bonds. The molecule has 90 valence electrons. The molecule has 0 saturated carbocycles. The molecule has 0 spiro atoms. The summed E-state index contributed by atoms with van der Waals surface area (Å²) in [6.07, 6.45) is 4.75. The highest BCUT2D eigenvalue weighted by Crippen LogP contribution is 2.32. The Morgan fingerprint density at radius 1 is 1.59 bits per heavy atom. The molecule has 0 radical (unpaired) electrons. The van der Waals surface area contributed by atoms with E-state index in [0.29, 0.717) is 0 Å². The third-order valence-electron chi connectivity index (χ3n) is 2.35. The molecule has 4 heteroatoms. The van der Waals surface area contributed by atoms with Crippen molar-refractivity contribution in [2.45, 2.75) is 12.4 Å². The third kappa shape index (κ3) is 3.33. The van der Waals surface area contributed by atoms with Crippen molar-refractivity contribution in [1.82, 2.24) is 0 Å². The second-order valence-electron chi connectivity index (χ2n) is 3.56. The van der Waals surface area contributed by atoms with Gasteiger partial charge in [-0.15, -0.1) is 18.3 Å². The van der Waals surface area contributed by atoms with Crippen LogP contribution in [0.4, 0.5) is 0 Å². The lowest BCUT2D eigenvalue weighted by molar-refractivity contribution is -0.0787. The molecule has 1 aliphatic rings. The molecule has 2 heterocycles. The molecule has 17 heavy (non-hydrogen) atoms. The van der Waals surface area contributed by atoms with E-state index in [4.69, 9.17) is 4.74 Å². The molecule has 1 aromatic rings. The molecule has 0 bridgehead atoms. The van der Waals surface area contributed by atoms with Crippen LogP contribution in [-0.2, 0) is 4.74 Å².